The Bertz CT molecular complexity index is 1040. The summed E-state index contributed by atoms with van der Waals surface area (Å²) in [6.07, 6.45) is 1.98. The van der Waals surface area contributed by atoms with E-state index in [2.05, 4.69) is 9.97 Å². The summed E-state index contributed by atoms with van der Waals surface area (Å²) in [5, 5.41) is 11.4. The first-order valence-corrected chi connectivity index (χ1v) is 6.65. The third-order valence-electron chi connectivity index (χ3n) is 3.57. The lowest BCUT2D eigenvalue weighted by Crippen LogP contribution is -2.31. The van der Waals surface area contributed by atoms with Crippen molar-refractivity contribution in [3.8, 4) is 0 Å². The van der Waals surface area contributed by atoms with Crippen LogP contribution in [0.4, 0.5) is 11.4 Å². The van der Waals surface area contributed by atoms with E-state index in [9.17, 15) is 24.5 Å². The van der Waals surface area contributed by atoms with Gasteiger partial charge in [-0.15, -0.1) is 0 Å². The second-order valence-corrected chi connectivity index (χ2v) is 4.92. The van der Waals surface area contributed by atoms with Crippen molar-refractivity contribution in [2.24, 2.45) is 0 Å². The van der Waals surface area contributed by atoms with Crippen molar-refractivity contribution in [2.45, 2.75) is 6.23 Å². The average Bonchev–Trinajstić information content (AvgIpc) is 2.97. The molecular formula is C14H10N4O6. The van der Waals surface area contributed by atoms with Crippen LogP contribution in [-0.2, 0) is 9.53 Å². The number of hydrogen-bond donors (Lipinski definition) is 2. The highest BCUT2D eigenvalue weighted by molar-refractivity contribution is 5.86. The number of aromatic amines is 2. The van der Waals surface area contributed by atoms with E-state index in [1.807, 2.05) is 0 Å². The number of methoxy groups -OCH3 is 1. The van der Waals surface area contributed by atoms with Crippen molar-refractivity contribution in [3.05, 3.63) is 60.8 Å². The zero-order valence-electron chi connectivity index (χ0n) is 12.2. The zero-order valence-corrected chi connectivity index (χ0v) is 12.2. The molecule has 122 valence electrons. The summed E-state index contributed by atoms with van der Waals surface area (Å²) >= 11 is 0. The van der Waals surface area contributed by atoms with E-state index in [0.717, 1.165) is 6.07 Å². The van der Waals surface area contributed by atoms with Crippen LogP contribution in [0, 0.1) is 10.1 Å². The fourth-order valence-electron chi connectivity index (χ4n) is 2.50. The van der Waals surface area contributed by atoms with Gasteiger partial charge in [0.05, 0.1) is 21.5 Å². The van der Waals surface area contributed by atoms with Crippen LogP contribution >= 0.6 is 0 Å². The number of rotatable bonds is 3. The molecule has 10 nitrogen and oxygen atoms in total. The minimum Gasteiger partial charge on any atom is -0.356 e. The predicted molar refractivity (Wildman–Crippen MR) is 83.5 cm³/mol. The molecule has 2 N–H and O–H groups in total. The Morgan fingerprint density at radius 3 is 2.42 bits per heavy atom. The molecule has 2 heterocycles. The van der Waals surface area contributed by atoms with Gasteiger partial charge in [-0.2, -0.15) is 0 Å². The van der Waals surface area contributed by atoms with E-state index >= 15 is 0 Å². The van der Waals surface area contributed by atoms with Gasteiger partial charge >= 0.3 is 11.1 Å². The Morgan fingerprint density at radius 2 is 1.88 bits per heavy atom. The van der Waals surface area contributed by atoms with Gasteiger partial charge in [-0.05, 0) is 12.1 Å². The summed E-state index contributed by atoms with van der Waals surface area (Å²) in [5.41, 5.74) is -1.55. The summed E-state index contributed by atoms with van der Waals surface area (Å²) in [5.74, 6) is 1.71. The van der Waals surface area contributed by atoms with Gasteiger partial charge in [-0.3, -0.25) is 19.7 Å². The number of carbonyl (C=O) groups excluding carboxylic acids is 1. The lowest BCUT2D eigenvalue weighted by Gasteiger charge is -2.24. The third-order valence-corrected chi connectivity index (χ3v) is 3.57. The highest BCUT2D eigenvalue weighted by Crippen LogP contribution is 2.36. The number of benzene rings is 1. The standard InChI is InChI=1S/C14H10N4O6/c1-24-14-7(6-19)2-3-17(14)10-4-8-9(5-11(10)18(22)23)16-13(21)12(20)15-8/h2-5,14H,1H3,(H,15,20)(H,16,21). The molecule has 10 heteroatoms. The van der Waals surface area contributed by atoms with Crippen LogP contribution in [0.1, 0.15) is 0 Å². The van der Waals surface area contributed by atoms with Crippen LogP contribution in [0.3, 0.4) is 0 Å². The van der Waals surface area contributed by atoms with E-state index in [0.29, 0.717) is 0 Å². The molecule has 1 unspecified atom stereocenters. The van der Waals surface area contributed by atoms with E-state index < -0.39 is 22.3 Å². The highest BCUT2D eigenvalue weighted by Gasteiger charge is 2.31. The van der Waals surface area contributed by atoms with Gasteiger partial charge in [0.15, 0.2) is 6.23 Å². The van der Waals surface area contributed by atoms with E-state index in [4.69, 9.17) is 4.74 Å². The summed E-state index contributed by atoms with van der Waals surface area (Å²) in [7, 11) is 1.34. The Hall–Kier alpha value is -3.49. The first-order valence-electron chi connectivity index (χ1n) is 6.65. The first kappa shape index (κ1) is 15.4. The quantitative estimate of drug-likeness (QED) is 0.354. The fraction of sp³-hybridized carbons (Fsp3) is 0.143. The van der Waals surface area contributed by atoms with Crippen molar-refractivity contribution < 1.29 is 14.5 Å². The van der Waals surface area contributed by atoms with Crippen molar-refractivity contribution in [2.75, 3.05) is 12.0 Å². The van der Waals surface area contributed by atoms with Crippen LogP contribution in [-0.4, -0.2) is 34.2 Å². The smallest absolute Gasteiger partial charge is 0.314 e. The molecule has 1 atom stereocenters. The van der Waals surface area contributed by atoms with Crippen LogP contribution in [0.2, 0.25) is 0 Å². The zero-order chi connectivity index (χ0) is 17.4. The third kappa shape index (κ3) is 2.32. The van der Waals surface area contributed by atoms with Crippen LogP contribution in [0.15, 0.2) is 39.6 Å². The van der Waals surface area contributed by atoms with E-state index in [-0.39, 0.29) is 28.0 Å². The molecule has 24 heavy (non-hydrogen) atoms. The molecule has 1 aliphatic heterocycles. The Labute approximate surface area is 132 Å². The Balaban J connectivity index is 2.28. The Kier molecular flexibility index (Phi) is 3.60. The Morgan fingerprint density at radius 1 is 1.25 bits per heavy atom. The number of hydrogen-bond acceptors (Lipinski definition) is 7. The summed E-state index contributed by atoms with van der Waals surface area (Å²) < 4.78 is 5.18. The highest BCUT2D eigenvalue weighted by atomic mass is 16.6. The van der Waals surface area contributed by atoms with Crippen LogP contribution in [0.25, 0.3) is 11.0 Å². The maximum absolute atomic E-state index is 11.5. The van der Waals surface area contributed by atoms with Gasteiger partial charge in [-0.25, -0.2) is 4.79 Å². The van der Waals surface area contributed by atoms with Gasteiger partial charge in [0.25, 0.3) is 5.69 Å². The number of ether oxygens (including phenoxy) is 1. The van der Waals surface area contributed by atoms with Gasteiger partial charge in [0.1, 0.15) is 11.6 Å². The number of nitrogens with zero attached hydrogens (tertiary/aromatic N) is 2. The van der Waals surface area contributed by atoms with Gasteiger partial charge in [-0.1, -0.05) is 0 Å². The van der Waals surface area contributed by atoms with Gasteiger partial charge < -0.3 is 19.6 Å². The number of H-pyrrole nitrogens is 2. The number of nitro benzene ring substituents is 1. The number of nitro groups is 1. The summed E-state index contributed by atoms with van der Waals surface area (Å²) in [4.78, 5) is 50.5. The van der Waals surface area contributed by atoms with Crippen LogP contribution < -0.4 is 16.0 Å². The second-order valence-electron chi connectivity index (χ2n) is 4.92. The molecule has 0 amide bonds. The van der Waals surface area contributed by atoms with Crippen LogP contribution in [0.5, 0.6) is 0 Å². The maximum atomic E-state index is 11.5. The molecule has 0 saturated heterocycles. The molecule has 0 spiro atoms. The fourth-order valence-corrected chi connectivity index (χ4v) is 2.50. The molecular weight excluding hydrogens is 320 g/mol. The lowest BCUT2D eigenvalue weighted by atomic mass is 10.2. The molecule has 1 aromatic heterocycles. The van der Waals surface area contributed by atoms with Crippen molar-refractivity contribution in [1.82, 2.24) is 9.97 Å². The number of nitrogens with one attached hydrogen (secondary N) is 2. The van der Waals surface area contributed by atoms with Gasteiger partial charge in [0, 0.05) is 19.4 Å². The number of fused-ring (bicyclic) bond motifs is 1. The number of anilines is 1. The molecule has 1 aliphatic rings. The number of aromatic nitrogens is 2. The molecule has 0 radical (unpaired) electrons. The molecule has 0 bridgehead atoms. The van der Waals surface area contributed by atoms with E-state index in [1.54, 1.807) is 5.94 Å². The molecule has 1 aromatic carbocycles. The molecule has 0 saturated carbocycles. The topological polar surface area (TPSA) is 138 Å². The second kappa shape index (κ2) is 5.61. The largest absolute Gasteiger partial charge is 0.356 e. The average molecular weight is 330 g/mol. The van der Waals surface area contributed by atoms with Crippen molar-refractivity contribution in [3.63, 3.8) is 0 Å². The predicted octanol–water partition coefficient (Wildman–Crippen LogP) is 0.189. The normalized spacial score (nSPS) is 16.6. The molecule has 0 aliphatic carbocycles. The van der Waals surface area contributed by atoms with Crippen molar-refractivity contribution in [1.29, 1.82) is 0 Å². The SMILES string of the molecule is COC1C(=C=O)C=CN1c1cc2[nH]c(=O)c(=O)[nH]c2cc1[N+](=O)[O-]. The molecule has 0 fully saturated rings. The van der Waals surface area contributed by atoms with Gasteiger partial charge in [0.2, 0.25) is 0 Å². The van der Waals surface area contributed by atoms with E-state index in [1.165, 1.54) is 30.4 Å². The lowest BCUT2D eigenvalue weighted by molar-refractivity contribution is -0.384. The minimum atomic E-state index is -0.911. The first-order chi connectivity index (χ1) is 11.5. The summed E-state index contributed by atoms with van der Waals surface area (Å²) in [6.45, 7) is 0. The molecule has 2 aromatic rings. The minimum absolute atomic E-state index is 0.0866. The monoisotopic (exact) mass is 330 g/mol. The summed E-state index contributed by atoms with van der Waals surface area (Å²) in [6, 6.07) is 2.46. The molecule has 3 rings (SSSR count). The maximum Gasteiger partial charge on any atom is 0.314 e. The van der Waals surface area contributed by atoms with Crippen molar-refractivity contribution >= 4 is 28.3 Å².